The highest BCUT2D eigenvalue weighted by molar-refractivity contribution is 6.03. The lowest BCUT2D eigenvalue weighted by Gasteiger charge is -2.24. The smallest absolute Gasteiger partial charge is 0.249 e. The third-order valence-electron chi connectivity index (χ3n) is 4.60. The van der Waals surface area contributed by atoms with E-state index in [-0.39, 0.29) is 24.8 Å². The largest absolute Gasteiger partial charge is 0.378 e. The van der Waals surface area contributed by atoms with Crippen molar-refractivity contribution in [2.45, 2.75) is 19.1 Å². The van der Waals surface area contributed by atoms with E-state index in [1.807, 2.05) is 48.5 Å². The zero-order valence-electron chi connectivity index (χ0n) is 15.4. The van der Waals surface area contributed by atoms with Crippen molar-refractivity contribution in [2.75, 3.05) is 17.7 Å². The number of carbonyl (C=O) groups excluding carboxylic acids is 2. The summed E-state index contributed by atoms with van der Waals surface area (Å²) in [5.74, 6) is 0.0119. The molecule has 1 unspecified atom stereocenters. The monoisotopic (exact) mass is 376 g/mol. The molecule has 2 N–H and O–H groups in total. The van der Waals surface area contributed by atoms with Crippen LogP contribution in [0.5, 0.6) is 0 Å². The molecule has 2 amide bonds. The van der Waals surface area contributed by atoms with E-state index in [0.717, 1.165) is 11.1 Å². The molecule has 2 aromatic carbocycles. The quantitative estimate of drug-likeness (QED) is 0.716. The number of nitrogens with one attached hydrogen (secondary N) is 2. The zero-order chi connectivity index (χ0) is 19.5. The summed E-state index contributed by atoms with van der Waals surface area (Å²) in [6.07, 6.45) is 0.0218. The Bertz CT molecular complexity index is 999. The Balaban J connectivity index is 1.76. The lowest BCUT2D eigenvalue weighted by Crippen LogP contribution is -2.35. The van der Waals surface area contributed by atoms with Crippen LogP contribution >= 0.6 is 0 Å². The standard InChI is InChI=1S/C21H20N4O3/c1-28-13-16-19(14-8-4-2-5-9-14)20-23-18(26)12-17(25(20)24-16)21(27)22-15-10-6-3-7-11-15/h2-11,17H,12-13H2,1H3,(H,22,27)(H,23,26). The molecule has 28 heavy (non-hydrogen) atoms. The number of hydrogen-bond donors (Lipinski definition) is 2. The topological polar surface area (TPSA) is 85.2 Å². The van der Waals surface area contributed by atoms with Crippen LogP contribution in [0.4, 0.5) is 11.5 Å². The predicted octanol–water partition coefficient (Wildman–Crippen LogP) is 3.22. The number of hydrogen-bond acceptors (Lipinski definition) is 4. The summed E-state index contributed by atoms with van der Waals surface area (Å²) in [6, 6.07) is 18.1. The van der Waals surface area contributed by atoms with Crippen LogP contribution in [-0.4, -0.2) is 28.7 Å². The van der Waals surface area contributed by atoms with Crippen LogP contribution in [0.3, 0.4) is 0 Å². The maximum absolute atomic E-state index is 12.9. The molecular formula is C21H20N4O3. The molecule has 142 valence electrons. The zero-order valence-corrected chi connectivity index (χ0v) is 15.4. The van der Waals surface area contributed by atoms with Crippen LogP contribution in [0.2, 0.25) is 0 Å². The molecule has 7 heteroatoms. The second-order valence-electron chi connectivity index (χ2n) is 6.54. The second-order valence-corrected chi connectivity index (χ2v) is 6.54. The first-order chi connectivity index (χ1) is 13.7. The molecule has 0 radical (unpaired) electrons. The number of fused-ring (bicyclic) bond motifs is 1. The number of para-hydroxylation sites is 1. The molecule has 3 aromatic rings. The molecule has 1 aromatic heterocycles. The van der Waals surface area contributed by atoms with Gasteiger partial charge in [0.1, 0.15) is 11.9 Å². The first-order valence-electron chi connectivity index (χ1n) is 8.99. The van der Waals surface area contributed by atoms with Crippen LogP contribution in [0, 0.1) is 0 Å². The second kappa shape index (κ2) is 7.66. The average molecular weight is 376 g/mol. The van der Waals surface area contributed by atoms with Gasteiger partial charge in [0.2, 0.25) is 11.8 Å². The minimum Gasteiger partial charge on any atom is -0.378 e. The molecule has 7 nitrogen and oxygen atoms in total. The number of aromatic nitrogens is 2. The van der Waals surface area contributed by atoms with Crippen LogP contribution in [0.1, 0.15) is 18.2 Å². The fraction of sp³-hybridized carbons (Fsp3) is 0.190. The Morgan fingerprint density at radius 3 is 2.54 bits per heavy atom. The van der Waals surface area contributed by atoms with Gasteiger partial charge in [-0.15, -0.1) is 0 Å². The Morgan fingerprint density at radius 2 is 1.86 bits per heavy atom. The van der Waals surface area contributed by atoms with E-state index in [1.54, 1.807) is 23.9 Å². The van der Waals surface area contributed by atoms with E-state index in [9.17, 15) is 9.59 Å². The Morgan fingerprint density at radius 1 is 1.18 bits per heavy atom. The van der Waals surface area contributed by atoms with E-state index in [1.165, 1.54) is 0 Å². The SMILES string of the molecule is COCc1nn2c(c1-c1ccccc1)NC(=O)CC2C(=O)Nc1ccccc1. The van der Waals surface area contributed by atoms with Gasteiger partial charge >= 0.3 is 0 Å². The molecule has 0 saturated heterocycles. The third kappa shape index (κ3) is 3.39. The molecule has 0 bridgehead atoms. The maximum atomic E-state index is 12.9. The number of rotatable bonds is 5. The number of anilines is 2. The fourth-order valence-corrected chi connectivity index (χ4v) is 3.37. The average Bonchev–Trinajstić information content (AvgIpc) is 3.06. The first kappa shape index (κ1) is 17.9. The van der Waals surface area contributed by atoms with Crippen molar-refractivity contribution in [3.63, 3.8) is 0 Å². The van der Waals surface area contributed by atoms with E-state index >= 15 is 0 Å². The summed E-state index contributed by atoms with van der Waals surface area (Å²) in [6.45, 7) is 0.271. The summed E-state index contributed by atoms with van der Waals surface area (Å²) in [7, 11) is 1.59. The van der Waals surface area contributed by atoms with Gasteiger partial charge in [-0.05, 0) is 17.7 Å². The fourth-order valence-electron chi connectivity index (χ4n) is 3.37. The van der Waals surface area contributed by atoms with E-state index in [4.69, 9.17) is 4.74 Å². The number of carbonyl (C=O) groups is 2. The van der Waals surface area contributed by atoms with Gasteiger partial charge in [0, 0.05) is 18.4 Å². The normalized spacial score (nSPS) is 15.6. The van der Waals surface area contributed by atoms with Gasteiger partial charge in [-0.3, -0.25) is 9.59 Å². The van der Waals surface area contributed by atoms with Crippen LogP contribution in [-0.2, 0) is 20.9 Å². The van der Waals surface area contributed by atoms with Crippen molar-refractivity contribution in [3.8, 4) is 11.1 Å². The minimum atomic E-state index is -0.739. The Hall–Kier alpha value is -3.45. The van der Waals surface area contributed by atoms with E-state index < -0.39 is 6.04 Å². The summed E-state index contributed by atoms with van der Waals surface area (Å²) in [4.78, 5) is 25.3. The van der Waals surface area contributed by atoms with Crippen molar-refractivity contribution in [3.05, 3.63) is 66.4 Å². The molecule has 4 rings (SSSR count). The summed E-state index contributed by atoms with van der Waals surface area (Å²) in [5.41, 5.74) is 3.02. The highest BCUT2D eigenvalue weighted by atomic mass is 16.5. The molecule has 1 aliphatic rings. The van der Waals surface area contributed by atoms with Gasteiger partial charge in [0.25, 0.3) is 0 Å². The first-order valence-corrected chi connectivity index (χ1v) is 8.99. The van der Waals surface area contributed by atoms with E-state index in [2.05, 4.69) is 15.7 Å². The maximum Gasteiger partial charge on any atom is 0.249 e. The number of nitrogens with zero attached hydrogens (tertiary/aromatic N) is 2. The van der Waals surface area contributed by atoms with Gasteiger partial charge in [0.15, 0.2) is 0 Å². The molecule has 1 atom stereocenters. The number of amides is 2. The molecule has 2 heterocycles. The summed E-state index contributed by atoms with van der Waals surface area (Å²) < 4.78 is 6.89. The van der Waals surface area contributed by atoms with Crippen molar-refractivity contribution < 1.29 is 14.3 Å². The number of ether oxygens (including phenoxy) is 1. The van der Waals surface area contributed by atoms with Gasteiger partial charge in [0.05, 0.1) is 18.7 Å². The number of methoxy groups -OCH3 is 1. The molecule has 0 fully saturated rings. The highest BCUT2D eigenvalue weighted by Gasteiger charge is 2.35. The number of benzene rings is 2. The van der Waals surface area contributed by atoms with Crippen LogP contribution in [0.25, 0.3) is 11.1 Å². The summed E-state index contributed by atoms with van der Waals surface area (Å²) >= 11 is 0. The summed E-state index contributed by atoms with van der Waals surface area (Å²) in [5, 5.41) is 10.4. The third-order valence-corrected chi connectivity index (χ3v) is 4.60. The van der Waals surface area contributed by atoms with Crippen molar-refractivity contribution in [1.29, 1.82) is 0 Å². The van der Waals surface area contributed by atoms with Crippen molar-refractivity contribution in [2.24, 2.45) is 0 Å². The van der Waals surface area contributed by atoms with E-state index in [0.29, 0.717) is 17.2 Å². The van der Waals surface area contributed by atoms with Crippen LogP contribution < -0.4 is 10.6 Å². The van der Waals surface area contributed by atoms with Gasteiger partial charge < -0.3 is 15.4 Å². The Kier molecular flexibility index (Phi) is 4.90. The van der Waals surface area contributed by atoms with Gasteiger partial charge in [-0.1, -0.05) is 48.5 Å². The van der Waals surface area contributed by atoms with Crippen molar-refractivity contribution >= 4 is 23.3 Å². The molecule has 0 saturated carbocycles. The molecule has 1 aliphatic heterocycles. The van der Waals surface area contributed by atoms with Gasteiger partial charge in [-0.25, -0.2) is 4.68 Å². The Labute approximate surface area is 162 Å². The minimum absolute atomic E-state index is 0.0218. The lowest BCUT2D eigenvalue weighted by molar-refractivity contribution is -0.125. The van der Waals surface area contributed by atoms with Crippen LogP contribution in [0.15, 0.2) is 60.7 Å². The molecule has 0 aliphatic carbocycles. The predicted molar refractivity (Wildman–Crippen MR) is 106 cm³/mol. The molecular weight excluding hydrogens is 356 g/mol. The highest BCUT2D eigenvalue weighted by Crippen LogP contribution is 2.37. The van der Waals surface area contributed by atoms with Crippen molar-refractivity contribution in [1.82, 2.24) is 9.78 Å². The molecule has 0 spiro atoms. The van der Waals surface area contributed by atoms with Gasteiger partial charge in [-0.2, -0.15) is 5.10 Å². The lowest BCUT2D eigenvalue weighted by atomic mass is 10.0.